The molecule has 0 fully saturated rings. The van der Waals surface area contributed by atoms with Crippen LogP contribution in [-0.2, 0) is 19.4 Å². The van der Waals surface area contributed by atoms with Crippen molar-refractivity contribution in [2.45, 2.75) is 33.2 Å². The molecule has 17 heavy (non-hydrogen) atoms. The quantitative estimate of drug-likeness (QED) is 0.856. The van der Waals surface area contributed by atoms with Gasteiger partial charge in [0.2, 0.25) is 5.89 Å². The Labute approximate surface area is 100 Å². The van der Waals surface area contributed by atoms with Crippen molar-refractivity contribution in [2.75, 3.05) is 5.32 Å². The van der Waals surface area contributed by atoms with Crippen LogP contribution < -0.4 is 5.32 Å². The fraction of sp³-hybridized carbons (Fsp3) is 0.417. The molecule has 0 atom stereocenters. The smallest absolute Gasteiger partial charge is 0.213 e. The molecule has 0 aliphatic heterocycles. The van der Waals surface area contributed by atoms with Gasteiger partial charge < -0.3 is 9.73 Å². The van der Waals surface area contributed by atoms with Gasteiger partial charge in [-0.05, 0) is 6.42 Å². The van der Waals surface area contributed by atoms with Crippen LogP contribution in [0.1, 0.15) is 31.2 Å². The summed E-state index contributed by atoms with van der Waals surface area (Å²) >= 11 is 0. The summed E-state index contributed by atoms with van der Waals surface area (Å²) in [5.74, 6) is 2.38. The Morgan fingerprint density at radius 2 is 2.06 bits per heavy atom. The lowest BCUT2D eigenvalue weighted by Crippen LogP contribution is -2.02. The van der Waals surface area contributed by atoms with Gasteiger partial charge in [0.15, 0.2) is 0 Å². The Balaban J connectivity index is 1.96. The molecule has 2 rings (SSSR count). The van der Waals surface area contributed by atoms with E-state index < -0.39 is 0 Å². The molecule has 0 amide bonds. The third-order valence-electron chi connectivity index (χ3n) is 2.46. The Kier molecular flexibility index (Phi) is 3.69. The minimum atomic E-state index is 0.542. The lowest BCUT2D eigenvalue weighted by Gasteiger charge is -2.03. The Morgan fingerprint density at radius 3 is 2.76 bits per heavy atom. The molecule has 0 spiro atoms. The lowest BCUT2D eigenvalue weighted by molar-refractivity contribution is 0.465. The first-order valence-electron chi connectivity index (χ1n) is 5.80. The van der Waals surface area contributed by atoms with E-state index in [0.717, 1.165) is 30.1 Å². The summed E-state index contributed by atoms with van der Waals surface area (Å²) < 4.78 is 5.49. The van der Waals surface area contributed by atoms with Gasteiger partial charge >= 0.3 is 0 Å². The van der Waals surface area contributed by atoms with Gasteiger partial charge in [-0.1, -0.05) is 13.8 Å². The highest BCUT2D eigenvalue weighted by Gasteiger charge is 2.03. The number of aryl methyl sites for hydroxylation is 2. The van der Waals surface area contributed by atoms with Crippen LogP contribution in [0.25, 0.3) is 0 Å². The van der Waals surface area contributed by atoms with Crippen LogP contribution in [0.15, 0.2) is 23.0 Å². The monoisotopic (exact) mass is 232 g/mol. The number of rotatable bonds is 5. The maximum absolute atomic E-state index is 5.49. The second kappa shape index (κ2) is 5.43. The Hall–Kier alpha value is -1.91. The van der Waals surface area contributed by atoms with Gasteiger partial charge in [-0.25, -0.2) is 15.0 Å². The third-order valence-corrected chi connectivity index (χ3v) is 2.46. The summed E-state index contributed by atoms with van der Waals surface area (Å²) in [7, 11) is 0. The molecule has 0 aromatic carbocycles. The van der Waals surface area contributed by atoms with Gasteiger partial charge in [0.25, 0.3) is 0 Å². The molecule has 0 saturated heterocycles. The van der Waals surface area contributed by atoms with Crippen LogP contribution in [0.3, 0.4) is 0 Å². The van der Waals surface area contributed by atoms with Crippen molar-refractivity contribution >= 4 is 5.82 Å². The van der Waals surface area contributed by atoms with E-state index in [-0.39, 0.29) is 0 Å². The molecule has 2 aromatic rings. The zero-order valence-electron chi connectivity index (χ0n) is 10.1. The normalized spacial score (nSPS) is 10.5. The third kappa shape index (κ3) is 3.03. The van der Waals surface area contributed by atoms with E-state index in [1.54, 1.807) is 12.5 Å². The number of hydrogen-bond acceptors (Lipinski definition) is 5. The fourth-order valence-corrected chi connectivity index (χ4v) is 1.45. The van der Waals surface area contributed by atoms with Crippen LogP contribution in [0.2, 0.25) is 0 Å². The number of aromatic nitrogens is 3. The molecular weight excluding hydrogens is 216 g/mol. The first-order chi connectivity index (χ1) is 8.31. The van der Waals surface area contributed by atoms with Crippen molar-refractivity contribution in [1.29, 1.82) is 0 Å². The zero-order valence-corrected chi connectivity index (χ0v) is 10.1. The highest BCUT2D eigenvalue weighted by Crippen LogP contribution is 2.08. The van der Waals surface area contributed by atoms with E-state index in [0.29, 0.717) is 12.4 Å². The van der Waals surface area contributed by atoms with Crippen molar-refractivity contribution in [2.24, 2.45) is 0 Å². The molecule has 1 N–H and O–H groups in total. The van der Waals surface area contributed by atoms with Crippen LogP contribution in [0, 0.1) is 0 Å². The number of anilines is 1. The molecule has 0 bridgehead atoms. The lowest BCUT2D eigenvalue weighted by atomic mass is 10.3. The van der Waals surface area contributed by atoms with Crippen molar-refractivity contribution in [3.05, 3.63) is 35.9 Å². The minimum absolute atomic E-state index is 0.542. The topological polar surface area (TPSA) is 63.8 Å². The predicted molar refractivity (Wildman–Crippen MR) is 64.6 cm³/mol. The molecule has 90 valence electrons. The highest BCUT2D eigenvalue weighted by molar-refractivity contribution is 5.34. The molecule has 5 nitrogen and oxygen atoms in total. The maximum atomic E-state index is 5.49. The van der Waals surface area contributed by atoms with Crippen LogP contribution >= 0.6 is 0 Å². The van der Waals surface area contributed by atoms with Gasteiger partial charge in [-0.3, -0.25) is 0 Å². The number of hydrogen-bond donors (Lipinski definition) is 1. The van der Waals surface area contributed by atoms with Crippen molar-refractivity contribution < 1.29 is 4.42 Å². The molecule has 0 radical (unpaired) electrons. The van der Waals surface area contributed by atoms with Gasteiger partial charge in [0.05, 0.1) is 12.7 Å². The van der Waals surface area contributed by atoms with Crippen LogP contribution in [-0.4, -0.2) is 15.0 Å². The molecule has 0 aliphatic carbocycles. The number of nitrogens with one attached hydrogen (secondary N) is 1. The van der Waals surface area contributed by atoms with Gasteiger partial charge in [-0.15, -0.1) is 0 Å². The summed E-state index contributed by atoms with van der Waals surface area (Å²) in [6, 6.07) is 1.93. The SMILES string of the molecule is CCc1cc(NCc2ncc(CC)o2)ncn1. The summed E-state index contributed by atoms with van der Waals surface area (Å²) in [5, 5.41) is 3.17. The molecule has 0 aliphatic rings. The van der Waals surface area contributed by atoms with E-state index in [4.69, 9.17) is 4.42 Å². The van der Waals surface area contributed by atoms with Crippen molar-refractivity contribution in [1.82, 2.24) is 15.0 Å². The van der Waals surface area contributed by atoms with Crippen LogP contribution in [0.5, 0.6) is 0 Å². The standard InChI is InChI=1S/C12H16N4O/c1-3-9-5-11(16-8-15-9)13-7-12-14-6-10(4-2)17-12/h5-6,8H,3-4,7H2,1-2H3,(H,13,15,16). The number of oxazole rings is 1. The summed E-state index contributed by atoms with van der Waals surface area (Å²) in [6.07, 6.45) is 5.08. The van der Waals surface area contributed by atoms with Crippen LogP contribution in [0.4, 0.5) is 5.82 Å². The van der Waals surface area contributed by atoms with E-state index in [2.05, 4.69) is 27.2 Å². The van der Waals surface area contributed by atoms with E-state index in [1.165, 1.54) is 0 Å². The van der Waals surface area contributed by atoms with E-state index >= 15 is 0 Å². The second-order valence-electron chi connectivity index (χ2n) is 3.68. The largest absolute Gasteiger partial charge is 0.444 e. The van der Waals surface area contributed by atoms with E-state index in [9.17, 15) is 0 Å². The molecule has 0 saturated carbocycles. The summed E-state index contributed by atoms with van der Waals surface area (Å²) in [6.45, 7) is 4.64. The summed E-state index contributed by atoms with van der Waals surface area (Å²) in [5.41, 5.74) is 1.02. The first kappa shape index (κ1) is 11.6. The number of nitrogens with zero attached hydrogens (tertiary/aromatic N) is 3. The molecule has 2 heterocycles. The summed E-state index contributed by atoms with van der Waals surface area (Å²) in [4.78, 5) is 12.4. The average Bonchev–Trinajstić information content (AvgIpc) is 2.84. The van der Waals surface area contributed by atoms with Crippen molar-refractivity contribution in [3.63, 3.8) is 0 Å². The molecule has 5 heteroatoms. The molecule has 2 aromatic heterocycles. The van der Waals surface area contributed by atoms with E-state index in [1.807, 2.05) is 13.0 Å². The average molecular weight is 232 g/mol. The van der Waals surface area contributed by atoms with Gasteiger partial charge in [0, 0.05) is 18.2 Å². The van der Waals surface area contributed by atoms with Gasteiger partial charge in [-0.2, -0.15) is 0 Å². The zero-order chi connectivity index (χ0) is 12.1. The fourth-order valence-electron chi connectivity index (χ4n) is 1.45. The second-order valence-corrected chi connectivity index (χ2v) is 3.68. The molecule has 0 unspecified atom stereocenters. The predicted octanol–water partition coefficient (Wildman–Crippen LogP) is 2.20. The van der Waals surface area contributed by atoms with Crippen molar-refractivity contribution in [3.8, 4) is 0 Å². The first-order valence-corrected chi connectivity index (χ1v) is 5.80. The Morgan fingerprint density at radius 1 is 1.18 bits per heavy atom. The maximum Gasteiger partial charge on any atom is 0.213 e. The Bertz CT molecular complexity index is 481. The van der Waals surface area contributed by atoms with Gasteiger partial charge in [0.1, 0.15) is 17.9 Å². The highest BCUT2D eigenvalue weighted by atomic mass is 16.4. The minimum Gasteiger partial charge on any atom is -0.444 e. The molecular formula is C12H16N4O.